The number of amides is 2. The average molecular weight is 473 g/mol. The van der Waals surface area contributed by atoms with Crippen LogP contribution in [0, 0.1) is 0 Å². The fourth-order valence-corrected chi connectivity index (χ4v) is 3.97. The number of hydrogen-bond donors (Lipinski definition) is 2. The number of aromatic nitrogens is 2. The van der Waals surface area contributed by atoms with Gasteiger partial charge in [-0.2, -0.15) is 0 Å². The molecular formula is C23H25ClN4O3S. The van der Waals surface area contributed by atoms with Gasteiger partial charge in [-0.05, 0) is 42.8 Å². The molecule has 0 radical (unpaired) electrons. The molecule has 2 N–H and O–H groups in total. The number of carbonyl (C=O) groups excluding carboxylic acids is 2. The van der Waals surface area contributed by atoms with Crippen LogP contribution in [-0.2, 0) is 4.79 Å². The summed E-state index contributed by atoms with van der Waals surface area (Å²) in [7, 11) is 1.53. The lowest BCUT2D eigenvalue weighted by Crippen LogP contribution is -2.24. The lowest BCUT2D eigenvalue weighted by Gasteiger charge is -2.10. The summed E-state index contributed by atoms with van der Waals surface area (Å²) in [6.07, 6.45) is 5.43. The molecule has 0 unspecified atom stereocenters. The highest BCUT2D eigenvalue weighted by Gasteiger charge is 2.12. The van der Waals surface area contributed by atoms with E-state index in [4.69, 9.17) is 16.3 Å². The number of ether oxygens (including phenoxy) is 1. The molecule has 32 heavy (non-hydrogen) atoms. The van der Waals surface area contributed by atoms with Crippen molar-refractivity contribution in [1.82, 2.24) is 14.9 Å². The van der Waals surface area contributed by atoms with Gasteiger partial charge in [0, 0.05) is 35.9 Å². The van der Waals surface area contributed by atoms with Crippen molar-refractivity contribution in [2.75, 3.05) is 24.7 Å². The highest BCUT2D eigenvalue weighted by Crippen LogP contribution is 2.27. The number of anilines is 1. The first-order chi connectivity index (χ1) is 15.5. The Morgan fingerprint density at radius 3 is 2.81 bits per heavy atom. The Morgan fingerprint density at radius 2 is 2.06 bits per heavy atom. The fourth-order valence-electron chi connectivity index (χ4n) is 2.94. The molecule has 9 heteroatoms. The van der Waals surface area contributed by atoms with Gasteiger partial charge >= 0.3 is 0 Å². The van der Waals surface area contributed by atoms with Gasteiger partial charge in [0.1, 0.15) is 5.75 Å². The van der Waals surface area contributed by atoms with Crippen LogP contribution in [0.1, 0.15) is 30.1 Å². The lowest BCUT2D eigenvalue weighted by molar-refractivity contribution is -0.113. The molecule has 2 amide bonds. The number of benzene rings is 2. The SMILES string of the molecule is CCCCNC(=O)c1cccc(-n2ccnc2SCC(=O)Nc2ccc(OC)c(Cl)c2)c1. The first kappa shape index (κ1) is 23.7. The van der Waals surface area contributed by atoms with Crippen LogP contribution in [0.15, 0.2) is 60.0 Å². The molecule has 0 atom stereocenters. The Kier molecular flexibility index (Phi) is 8.58. The van der Waals surface area contributed by atoms with Crippen LogP contribution in [0.3, 0.4) is 0 Å². The van der Waals surface area contributed by atoms with Crippen LogP contribution < -0.4 is 15.4 Å². The molecule has 0 aliphatic carbocycles. The Balaban J connectivity index is 1.63. The third-order valence-corrected chi connectivity index (χ3v) is 5.84. The number of methoxy groups -OCH3 is 1. The molecule has 2 aromatic carbocycles. The Hall–Kier alpha value is -2.97. The molecule has 1 heterocycles. The second-order valence-corrected chi connectivity index (χ2v) is 8.28. The number of nitrogens with one attached hydrogen (secondary N) is 2. The Labute approximate surface area is 196 Å². The summed E-state index contributed by atoms with van der Waals surface area (Å²) in [5, 5.41) is 6.81. The molecule has 0 saturated carbocycles. The van der Waals surface area contributed by atoms with Gasteiger partial charge in [-0.15, -0.1) is 0 Å². The zero-order chi connectivity index (χ0) is 22.9. The number of hydrogen-bond acceptors (Lipinski definition) is 5. The first-order valence-corrected chi connectivity index (χ1v) is 11.6. The molecule has 3 rings (SSSR count). The Morgan fingerprint density at radius 1 is 1.22 bits per heavy atom. The largest absolute Gasteiger partial charge is 0.495 e. The topological polar surface area (TPSA) is 85.2 Å². The first-order valence-electron chi connectivity index (χ1n) is 10.2. The van der Waals surface area contributed by atoms with Crippen molar-refractivity contribution >= 4 is 40.9 Å². The second kappa shape index (κ2) is 11.6. The summed E-state index contributed by atoms with van der Waals surface area (Å²) >= 11 is 7.41. The van der Waals surface area contributed by atoms with Gasteiger partial charge in [-0.1, -0.05) is 42.8 Å². The summed E-state index contributed by atoms with van der Waals surface area (Å²) in [5.41, 5.74) is 1.97. The molecular weight excluding hydrogens is 448 g/mol. The molecule has 0 spiro atoms. The van der Waals surface area contributed by atoms with Crippen LogP contribution in [0.25, 0.3) is 5.69 Å². The highest BCUT2D eigenvalue weighted by molar-refractivity contribution is 7.99. The maximum absolute atomic E-state index is 12.4. The number of rotatable bonds is 10. The predicted molar refractivity (Wildman–Crippen MR) is 128 cm³/mol. The van der Waals surface area contributed by atoms with E-state index in [1.54, 1.807) is 36.7 Å². The monoisotopic (exact) mass is 472 g/mol. The van der Waals surface area contributed by atoms with Gasteiger partial charge in [0.25, 0.3) is 5.91 Å². The van der Waals surface area contributed by atoms with Crippen molar-refractivity contribution in [3.8, 4) is 11.4 Å². The average Bonchev–Trinajstić information content (AvgIpc) is 3.27. The fraction of sp³-hybridized carbons (Fsp3) is 0.261. The number of halogens is 1. The van der Waals surface area contributed by atoms with Gasteiger partial charge in [0.05, 0.1) is 17.9 Å². The number of unbranched alkanes of at least 4 members (excludes halogenated alkanes) is 1. The summed E-state index contributed by atoms with van der Waals surface area (Å²) in [6, 6.07) is 12.4. The van der Waals surface area contributed by atoms with Crippen LogP contribution in [0.4, 0.5) is 5.69 Å². The Bertz CT molecular complexity index is 1090. The quantitative estimate of drug-likeness (QED) is 0.327. The standard InChI is InChI=1S/C23H25ClN4O3S/c1-3-4-10-25-22(30)16-6-5-7-18(13-16)28-12-11-26-23(28)32-15-21(29)27-17-8-9-20(31-2)19(24)14-17/h5-9,11-14H,3-4,10,15H2,1-2H3,(H,25,30)(H,27,29). The van der Waals surface area contributed by atoms with Gasteiger partial charge in [-0.25, -0.2) is 4.98 Å². The summed E-state index contributed by atoms with van der Waals surface area (Å²) in [5.74, 6) is 0.419. The van der Waals surface area contributed by atoms with E-state index in [2.05, 4.69) is 22.5 Å². The van der Waals surface area contributed by atoms with E-state index in [0.717, 1.165) is 18.5 Å². The van der Waals surface area contributed by atoms with Gasteiger partial charge in [0.2, 0.25) is 5.91 Å². The minimum atomic E-state index is -0.185. The van der Waals surface area contributed by atoms with Crippen molar-refractivity contribution < 1.29 is 14.3 Å². The van der Waals surface area contributed by atoms with E-state index in [1.807, 2.05) is 22.8 Å². The van der Waals surface area contributed by atoms with E-state index < -0.39 is 0 Å². The van der Waals surface area contributed by atoms with E-state index in [9.17, 15) is 9.59 Å². The summed E-state index contributed by atoms with van der Waals surface area (Å²) < 4.78 is 6.97. The summed E-state index contributed by atoms with van der Waals surface area (Å²) in [6.45, 7) is 2.73. The van der Waals surface area contributed by atoms with Crippen molar-refractivity contribution in [3.05, 3.63) is 65.4 Å². The van der Waals surface area contributed by atoms with Gasteiger partial charge in [-0.3, -0.25) is 14.2 Å². The maximum Gasteiger partial charge on any atom is 0.251 e. The molecule has 3 aromatic rings. The maximum atomic E-state index is 12.4. The number of nitrogens with zero attached hydrogens (tertiary/aromatic N) is 2. The third-order valence-electron chi connectivity index (χ3n) is 4.58. The van der Waals surface area contributed by atoms with Crippen LogP contribution in [0.5, 0.6) is 5.75 Å². The number of carbonyl (C=O) groups is 2. The molecule has 0 fully saturated rings. The van der Waals surface area contributed by atoms with E-state index in [1.165, 1.54) is 18.9 Å². The van der Waals surface area contributed by atoms with E-state index in [0.29, 0.717) is 33.7 Å². The van der Waals surface area contributed by atoms with Gasteiger partial charge < -0.3 is 15.4 Å². The lowest BCUT2D eigenvalue weighted by atomic mass is 10.2. The number of imidazole rings is 1. The van der Waals surface area contributed by atoms with Crippen LogP contribution in [-0.4, -0.2) is 40.8 Å². The molecule has 0 saturated heterocycles. The minimum absolute atomic E-state index is 0.104. The van der Waals surface area contributed by atoms with Crippen molar-refractivity contribution in [1.29, 1.82) is 0 Å². The molecule has 168 valence electrons. The van der Waals surface area contributed by atoms with Crippen LogP contribution >= 0.6 is 23.4 Å². The second-order valence-electron chi connectivity index (χ2n) is 6.93. The molecule has 0 bridgehead atoms. The van der Waals surface area contributed by atoms with E-state index in [-0.39, 0.29) is 17.6 Å². The molecule has 1 aromatic heterocycles. The molecule has 0 aliphatic rings. The minimum Gasteiger partial charge on any atom is -0.495 e. The highest BCUT2D eigenvalue weighted by atomic mass is 35.5. The zero-order valence-electron chi connectivity index (χ0n) is 17.9. The summed E-state index contributed by atoms with van der Waals surface area (Å²) in [4.78, 5) is 29.1. The predicted octanol–water partition coefficient (Wildman–Crippen LogP) is 4.80. The molecule has 7 nitrogen and oxygen atoms in total. The third kappa shape index (κ3) is 6.27. The van der Waals surface area contributed by atoms with Gasteiger partial charge in [0.15, 0.2) is 5.16 Å². The van der Waals surface area contributed by atoms with Crippen LogP contribution in [0.2, 0.25) is 5.02 Å². The van der Waals surface area contributed by atoms with E-state index >= 15 is 0 Å². The van der Waals surface area contributed by atoms with Crippen molar-refractivity contribution in [2.45, 2.75) is 24.9 Å². The smallest absolute Gasteiger partial charge is 0.251 e. The van der Waals surface area contributed by atoms with Crippen molar-refractivity contribution in [2.24, 2.45) is 0 Å². The zero-order valence-corrected chi connectivity index (χ0v) is 19.5. The van der Waals surface area contributed by atoms with Crippen molar-refractivity contribution in [3.63, 3.8) is 0 Å². The molecule has 0 aliphatic heterocycles. The normalized spacial score (nSPS) is 10.6. The number of thioether (sulfide) groups is 1.